The minimum Gasteiger partial charge on any atom is -0.508 e. The van der Waals surface area contributed by atoms with Crippen molar-refractivity contribution in [2.75, 3.05) is 58.4 Å². The molecule has 44 nitrogen and oxygen atoms in total. The van der Waals surface area contributed by atoms with Gasteiger partial charge in [0.1, 0.15) is 89.8 Å². The van der Waals surface area contributed by atoms with E-state index in [9.17, 15) is 58.5 Å². The van der Waals surface area contributed by atoms with Crippen LogP contribution in [0.25, 0.3) is 21.8 Å². The second-order valence-electron chi connectivity index (χ2n) is 35.4. The zero-order valence-electron chi connectivity index (χ0n) is 77.5. The Bertz CT molecular complexity index is 5260. The molecule has 6 aromatic rings. The Kier molecular flexibility index (Phi) is 39.0. The zero-order valence-corrected chi connectivity index (χ0v) is 78.3. The summed E-state index contributed by atoms with van der Waals surface area (Å²) in [6.07, 6.45) is 3.59. The molecule has 3 aromatic heterocycles. The Labute approximate surface area is 789 Å². The number of phenols is 1. The van der Waals surface area contributed by atoms with Crippen LogP contribution in [0.3, 0.4) is 0 Å². The van der Waals surface area contributed by atoms with Crippen LogP contribution in [0.15, 0.2) is 97.7 Å². The number of imidazole rings is 1. The third-order valence-corrected chi connectivity index (χ3v) is 25.0. The van der Waals surface area contributed by atoms with Gasteiger partial charge in [-0.25, -0.2) is 4.98 Å². The van der Waals surface area contributed by atoms with E-state index in [1.807, 2.05) is 13.8 Å². The van der Waals surface area contributed by atoms with Gasteiger partial charge in [0, 0.05) is 112 Å². The number of unbranched alkanes of at least 4 members (excludes halogenated alkanes) is 2. The molecule has 0 saturated carbocycles. The van der Waals surface area contributed by atoms with E-state index in [1.165, 1.54) is 64.7 Å². The SMILES string of the molecule is CCCC[C@H]1C(=O)N(C)[C@@H](CCCC)C(=O)N[C@@H](CCCNC(=N)N)C(=O)NC(C(=O)NCC(N)=O)CSCC(=O)N[C@@H](Cc2ccc(O)cc2)C(=O)NC(C)(C)C(=O)N[C@@H](CC(N)=O)C(=O)N2CCC[C@H]2C(=O)N[C@@H](Cc2c[nH]cn2)C(=O)N[C@@H](CC(C)C)C(=O)N2C[C@H](O)C[C@H]2C(=O)N[C@@H](Cc2c[nH]c3ccccc23)C(=O)N[C@@H](CO)C(=O)N[C@@H](Cc2c[nH]c3ccccc23)C(=O)N1C. The number of carbonyl (C=O) groups excluding carboxylic acids is 17. The van der Waals surface area contributed by atoms with Gasteiger partial charge in [0.2, 0.25) is 100 Å². The predicted octanol–water partition coefficient (Wildman–Crippen LogP) is -2.88. The summed E-state index contributed by atoms with van der Waals surface area (Å²) in [5.74, 6) is -18.3. The summed E-state index contributed by atoms with van der Waals surface area (Å²) in [6, 6.07) is -0.923. The highest BCUT2D eigenvalue weighted by atomic mass is 32.2. The number of aromatic amines is 3. The molecular weight excluding hydrogens is 1780 g/mol. The summed E-state index contributed by atoms with van der Waals surface area (Å²) >= 11 is 0.752. The van der Waals surface area contributed by atoms with Crippen LogP contribution in [0.5, 0.6) is 5.75 Å². The molecule has 45 heteroatoms. The van der Waals surface area contributed by atoms with Crippen LogP contribution in [-0.2, 0) is 107 Å². The van der Waals surface area contributed by atoms with Crippen molar-refractivity contribution < 1.29 is 96.8 Å². The molecule has 738 valence electrons. The fourth-order valence-electron chi connectivity index (χ4n) is 16.7. The van der Waals surface area contributed by atoms with E-state index in [1.54, 1.807) is 74.8 Å². The summed E-state index contributed by atoms with van der Waals surface area (Å²) in [7, 11) is 2.68. The van der Waals surface area contributed by atoms with Crippen molar-refractivity contribution in [3.05, 3.63) is 120 Å². The van der Waals surface area contributed by atoms with Gasteiger partial charge in [-0.05, 0) is 106 Å². The van der Waals surface area contributed by atoms with Crippen LogP contribution in [0, 0.1) is 11.3 Å². The number of carbonyl (C=O) groups is 17. The number of amides is 17. The molecule has 3 aromatic carbocycles. The first-order valence-corrected chi connectivity index (χ1v) is 46.7. The minimum atomic E-state index is -2.03. The molecule has 0 radical (unpaired) electrons. The lowest BCUT2D eigenvalue weighted by atomic mass is 9.99. The Hall–Kier alpha value is -13.7. The molecule has 3 aliphatic rings. The number of aliphatic hydroxyl groups excluding tert-OH is 2. The number of phenolic OH excluding ortho intramolecular Hbond substituents is 1. The van der Waals surface area contributed by atoms with Gasteiger partial charge in [-0.2, -0.15) is 0 Å². The van der Waals surface area contributed by atoms with Crippen molar-refractivity contribution in [2.45, 2.75) is 241 Å². The molecule has 136 heavy (non-hydrogen) atoms. The van der Waals surface area contributed by atoms with Crippen molar-refractivity contribution in [2.24, 2.45) is 23.1 Å². The number of para-hydroxylation sites is 2. The van der Waals surface area contributed by atoms with Crippen molar-refractivity contribution >= 4 is 140 Å². The lowest BCUT2D eigenvalue weighted by Crippen LogP contribution is -2.63. The number of fused-ring (bicyclic) bond motifs is 4. The number of rotatable bonds is 26. The van der Waals surface area contributed by atoms with Gasteiger partial charge in [0.25, 0.3) is 0 Å². The van der Waals surface area contributed by atoms with Crippen molar-refractivity contribution in [3.8, 4) is 5.75 Å². The molecule has 0 aliphatic carbocycles. The molecule has 14 atom stereocenters. The number of H-pyrrole nitrogens is 3. The average molecular weight is 1910 g/mol. The predicted molar refractivity (Wildman–Crippen MR) is 500 cm³/mol. The van der Waals surface area contributed by atoms with Crippen LogP contribution >= 0.6 is 11.8 Å². The van der Waals surface area contributed by atoms with Gasteiger partial charge in [-0.1, -0.05) is 102 Å². The van der Waals surface area contributed by atoms with Crippen LogP contribution in [0.2, 0.25) is 0 Å². The third kappa shape index (κ3) is 29.6. The first-order valence-electron chi connectivity index (χ1n) is 45.5. The van der Waals surface area contributed by atoms with Crippen LogP contribution in [0.4, 0.5) is 0 Å². The van der Waals surface area contributed by atoms with E-state index in [0.29, 0.717) is 64.2 Å². The average Bonchev–Trinajstić information content (AvgIpc) is 1.75. The molecule has 0 bridgehead atoms. The smallest absolute Gasteiger partial charge is 0.246 e. The molecule has 3 fully saturated rings. The lowest BCUT2D eigenvalue weighted by Gasteiger charge is -2.36. The molecule has 9 rings (SSSR count). The standard InChI is InChI=1S/C91H128N24O20S/c1-9-11-24-69-82(128)103-60(23-17-31-97-90(94)95)77(123)109-68(76(122)100-43-74(93)120)46-136-47-75(121)102-61(34-50-27-29-54(117)30-28-50)81(127)111-91(5,6)89(135)110-66(39-73(92)119)86(132)114-32-18-26-70(114)83(129)105-63(37-53-42-96-48-101-53)79(125)106-64(33-49(3)4)87(133)115-44-55(118)38-72(115)84(130)104-62(35-51-40-98-58-21-15-13-19-56(51)58)78(124)108-67(45-116)80(126)107-65(36-52-41-99-59-22-16-14-20-57(52)59)85(131)113(8)71(25-12-10-2)88(134)112(69)7/h13-16,19-22,27-30,40-42,48-49,55,60-72,98-99,116-118H,9-12,17-18,23-26,31-39,43-47H2,1-8H3,(H2,92,119)(H2,93,120)(H,96,101)(H,100,122)(H,102,121)(H,103,128)(H,104,130)(H,105,129)(H,106,125)(H,107,126)(H,108,124)(H,109,123)(H,110,135)(H,111,127)(H4,94,95,97)/t55-,60+,61+,62+,63+,64+,65+,66+,67+,68?,69+,70+,71+,72+/m1/s1. The van der Waals surface area contributed by atoms with E-state index >= 15 is 38.4 Å². The summed E-state index contributed by atoms with van der Waals surface area (Å²) in [6.45, 7) is 7.18. The minimum absolute atomic E-state index is 0.0143. The number of aromatic nitrogens is 4. The van der Waals surface area contributed by atoms with Crippen LogP contribution in [0.1, 0.15) is 147 Å². The van der Waals surface area contributed by atoms with Gasteiger partial charge in [-0.15, -0.1) is 11.8 Å². The van der Waals surface area contributed by atoms with E-state index < -0.39 is 241 Å². The van der Waals surface area contributed by atoms with Crippen molar-refractivity contribution in [3.63, 3.8) is 0 Å². The Morgan fingerprint density at radius 3 is 1.72 bits per heavy atom. The molecule has 3 saturated heterocycles. The normalized spacial score (nSPS) is 24.4. The Morgan fingerprint density at radius 2 is 1.12 bits per heavy atom. The number of thioether (sulfide) groups is 1. The third-order valence-electron chi connectivity index (χ3n) is 24.0. The summed E-state index contributed by atoms with van der Waals surface area (Å²) in [5.41, 5.74) is 17.6. The fraction of sp³-hybridized carbons (Fsp3) is 0.527. The van der Waals surface area contributed by atoms with Crippen LogP contribution < -0.4 is 81.0 Å². The van der Waals surface area contributed by atoms with Crippen molar-refractivity contribution in [1.29, 1.82) is 5.41 Å². The number of aromatic hydroxyl groups is 1. The molecule has 6 heterocycles. The number of primary amides is 2. The number of nitrogens with two attached hydrogens (primary N) is 3. The second-order valence-corrected chi connectivity index (χ2v) is 36.4. The number of aliphatic hydroxyl groups is 2. The highest BCUT2D eigenvalue weighted by Gasteiger charge is 2.47. The maximum absolute atomic E-state index is 15.8. The van der Waals surface area contributed by atoms with Crippen molar-refractivity contribution in [1.82, 2.24) is 103 Å². The molecule has 17 amide bonds. The largest absolute Gasteiger partial charge is 0.508 e. The lowest BCUT2D eigenvalue weighted by molar-refractivity contribution is -0.149. The van der Waals surface area contributed by atoms with E-state index in [0.717, 1.165) is 31.4 Å². The first-order chi connectivity index (χ1) is 64.7. The zero-order chi connectivity index (χ0) is 99.4. The number of nitrogens with zero attached hydrogens (tertiary/aromatic N) is 5. The number of benzene rings is 3. The number of hydrogen-bond donors (Lipinski definition) is 22. The van der Waals surface area contributed by atoms with Gasteiger partial charge in [-0.3, -0.25) is 86.9 Å². The summed E-state index contributed by atoms with van der Waals surface area (Å²) in [5, 5.41) is 73.6. The van der Waals surface area contributed by atoms with E-state index in [2.05, 4.69) is 83.7 Å². The Balaban J connectivity index is 1.10. The number of guanidine groups is 1. The van der Waals surface area contributed by atoms with E-state index in [-0.39, 0.29) is 101 Å². The number of nitrogens with one attached hydrogen (secondary N) is 16. The highest BCUT2D eigenvalue weighted by Crippen LogP contribution is 2.28. The quantitative estimate of drug-likeness (QED) is 0.0147. The molecule has 3 aliphatic heterocycles. The molecule has 0 spiro atoms. The maximum Gasteiger partial charge on any atom is 0.246 e. The van der Waals surface area contributed by atoms with Gasteiger partial charge in [0.15, 0.2) is 5.96 Å². The summed E-state index contributed by atoms with van der Waals surface area (Å²) < 4.78 is 0. The van der Waals surface area contributed by atoms with E-state index in [4.69, 9.17) is 22.6 Å². The van der Waals surface area contributed by atoms with Gasteiger partial charge < -0.3 is 131 Å². The topological polar surface area (TPSA) is 670 Å². The summed E-state index contributed by atoms with van der Waals surface area (Å²) in [4.78, 5) is 268. The highest BCUT2D eigenvalue weighted by molar-refractivity contribution is 8.00. The molecule has 1 unspecified atom stereocenters. The first kappa shape index (κ1) is 106. The molecular formula is C91H128N24O20S. The monoisotopic (exact) mass is 1910 g/mol. The maximum atomic E-state index is 15.8. The van der Waals surface area contributed by atoms with Gasteiger partial charge in [0.05, 0.1) is 43.5 Å². The molecule has 25 N–H and O–H groups in total. The number of hydrogen-bond acceptors (Lipinski definition) is 23. The van der Waals surface area contributed by atoms with Crippen LogP contribution in [-0.4, -0.2) is 310 Å². The van der Waals surface area contributed by atoms with Gasteiger partial charge >= 0.3 is 0 Å². The Morgan fingerprint density at radius 1 is 0.574 bits per heavy atom. The second kappa shape index (κ2) is 50.0. The fourth-order valence-corrected chi connectivity index (χ4v) is 17.5. The number of likely N-dealkylation sites (N-methyl/N-ethyl adjacent to an activating group) is 2.